The summed E-state index contributed by atoms with van der Waals surface area (Å²) in [5.74, 6) is 0.795. The Hall–Kier alpha value is -1.00. The Labute approximate surface area is 121 Å². The summed E-state index contributed by atoms with van der Waals surface area (Å²) in [4.78, 5) is 9.18. The predicted octanol–water partition coefficient (Wildman–Crippen LogP) is 3.42. The maximum atomic E-state index is 9.71. The molecule has 0 bridgehead atoms. The average Bonchev–Trinajstić information content (AvgIpc) is 2.65. The van der Waals surface area contributed by atoms with Crippen LogP contribution < -0.4 is 0 Å². The van der Waals surface area contributed by atoms with Crippen LogP contribution in [0.4, 0.5) is 0 Å². The fourth-order valence-corrected chi connectivity index (χ4v) is 3.11. The number of hydrogen-bond acceptors (Lipinski definition) is 4. The van der Waals surface area contributed by atoms with E-state index < -0.39 is 6.10 Å². The molecule has 1 fully saturated rings. The van der Waals surface area contributed by atoms with Crippen LogP contribution in [0.15, 0.2) is 6.20 Å². The van der Waals surface area contributed by atoms with Gasteiger partial charge in [0.2, 0.25) is 0 Å². The summed E-state index contributed by atoms with van der Waals surface area (Å²) in [6, 6.07) is 0. The molecule has 0 saturated heterocycles. The fourth-order valence-electron chi connectivity index (χ4n) is 3.11. The molecule has 0 aromatic carbocycles. The van der Waals surface area contributed by atoms with Crippen LogP contribution in [0.25, 0.3) is 0 Å². The highest BCUT2D eigenvalue weighted by Crippen LogP contribution is 2.38. The molecule has 4 nitrogen and oxygen atoms in total. The number of aryl methyl sites for hydroxylation is 1. The highest BCUT2D eigenvalue weighted by Gasteiger charge is 2.36. The lowest BCUT2D eigenvalue weighted by Crippen LogP contribution is -2.32. The molecular weight excluding hydrogens is 252 g/mol. The van der Waals surface area contributed by atoms with Crippen molar-refractivity contribution in [3.05, 3.63) is 23.3 Å². The van der Waals surface area contributed by atoms with Gasteiger partial charge < -0.3 is 9.84 Å². The molecule has 1 aromatic rings. The van der Waals surface area contributed by atoms with Gasteiger partial charge in [-0.3, -0.25) is 0 Å². The standard InChI is InChI=1S/C16H26N2O2/c1-4-20-16(9-7-5-6-8-10-16)15-17-11-14(13(3)19)12(2)18-15/h11,13,19H,4-10H2,1-3H3/t13-/m1/s1. The number of nitrogens with zero attached hydrogens (tertiary/aromatic N) is 2. The van der Waals surface area contributed by atoms with E-state index in [4.69, 9.17) is 4.74 Å². The zero-order valence-electron chi connectivity index (χ0n) is 12.9. The second kappa shape index (κ2) is 6.64. The number of hydrogen-bond donors (Lipinski definition) is 1. The molecule has 0 spiro atoms. The van der Waals surface area contributed by atoms with Crippen LogP contribution in [0, 0.1) is 6.92 Å². The highest BCUT2D eigenvalue weighted by molar-refractivity contribution is 5.20. The van der Waals surface area contributed by atoms with E-state index in [2.05, 4.69) is 9.97 Å². The quantitative estimate of drug-likeness (QED) is 0.857. The average molecular weight is 278 g/mol. The zero-order chi connectivity index (χ0) is 14.6. The van der Waals surface area contributed by atoms with Crippen LogP contribution >= 0.6 is 0 Å². The van der Waals surface area contributed by atoms with Gasteiger partial charge in [0, 0.05) is 24.1 Å². The predicted molar refractivity (Wildman–Crippen MR) is 78.4 cm³/mol. The van der Waals surface area contributed by atoms with Gasteiger partial charge in [-0.1, -0.05) is 25.7 Å². The number of ether oxygens (including phenoxy) is 1. The molecule has 1 aliphatic rings. The van der Waals surface area contributed by atoms with E-state index in [0.29, 0.717) is 6.61 Å². The molecule has 20 heavy (non-hydrogen) atoms. The van der Waals surface area contributed by atoms with E-state index in [0.717, 1.165) is 29.9 Å². The van der Waals surface area contributed by atoms with E-state index in [9.17, 15) is 5.11 Å². The largest absolute Gasteiger partial charge is 0.389 e. The Balaban J connectivity index is 2.35. The van der Waals surface area contributed by atoms with Crippen molar-refractivity contribution >= 4 is 0 Å². The minimum Gasteiger partial charge on any atom is -0.389 e. The minimum atomic E-state index is -0.527. The van der Waals surface area contributed by atoms with Gasteiger partial charge in [0.25, 0.3) is 0 Å². The Morgan fingerprint density at radius 3 is 2.45 bits per heavy atom. The summed E-state index contributed by atoms with van der Waals surface area (Å²) in [5.41, 5.74) is 1.33. The van der Waals surface area contributed by atoms with Crippen molar-refractivity contribution in [2.75, 3.05) is 6.61 Å². The third-order valence-electron chi connectivity index (χ3n) is 4.21. The van der Waals surface area contributed by atoms with Gasteiger partial charge in [-0.15, -0.1) is 0 Å². The van der Waals surface area contributed by atoms with Gasteiger partial charge in [0.15, 0.2) is 5.82 Å². The number of aliphatic hydroxyl groups is 1. The van der Waals surface area contributed by atoms with Gasteiger partial charge in [0.1, 0.15) is 5.60 Å². The molecule has 1 atom stereocenters. The van der Waals surface area contributed by atoms with E-state index in [1.54, 1.807) is 13.1 Å². The Morgan fingerprint density at radius 1 is 1.30 bits per heavy atom. The van der Waals surface area contributed by atoms with Gasteiger partial charge in [0.05, 0.1) is 6.10 Å². The van der Waals surface area contributed by atoms with Crippen molar-refractivity contribution in [3.63, 3.8) is 0 Å². The van der Waals surface area contributed by atoms with Crippen LogP contribution in [0.3, 0.4) is 0 Å². The monoisotopic (exact) mass is 278 g/mol. The van der Waals surface area contributed by atoms with Crippen molar-refractivity contribution in [2.24, 2.45) is 0 Å². The first-order valence-electron chi connectivity index (χ1n) is 7.75. The van der Waals surface area contributed by atoms with Gasteiger partial charge >= 0.3 is 0 Å². The van der Waals surface area contributed by atoms with Crippen LogP contribution in [0.2, 0.25) is 0 Å². The molecule has 0 unspecified atom stereocenters. The zero-order valence-corrected chi connectivity index (χ0v) is 12.9. The van der Waals surface area contributed by atoms with Crippen LogP contribution in [0.5, 0.6) is 0 Å². The number of aromatic nitrogens is 2. The molecule has 112 valence electrons. The molecule has 1 heterocycles. The van der Waals surface area contributed by atoms with Gasteiger partial charge in [-0.25, -0.2) is 9.97 Å². The molecule has 1 saturated carbocycles. The maximum absolute atomic E-state index is 9.71. The highest BCUT2D eigenvalue weighted by atomic mass is 16.5. The van der Waals surface area contributed by atoms with E-state index in [1.807, 2.05) is 13.8 Å². The van der Waals surface area contributed by atoms with Crippen molar-refractivity contribution < 1.29 is 9.84 Å². The van der Waals surface area contributed by atoms with Crippen molar-refractivity contribution in [2.45, 2.75) is 71.0 Å². The van der Waals surface area contributed by atoms with Gasteiger partial charge in [-0.2, -0.15) is 0 Å². The van der Waals surface area contributed by atoms with E-state index in [1.165, 1.54) is 25.7 Å². The van der Waals surface area contributed by atoms with Crippen molar-refractivity contribution in [1.82, 2.24) is 9.97 Å². The lowest BCUT2D eigenvalue weighted by molar-refractivity contribution is -0.0626. The SMILES string of the molecule is CCOC1(c2ncc([C@@H](C)O)c(C)n2)CCCCCC1. The summed E-state index contributed by atoms with van der Waals surface area (Å²) in [7, 11) is 0. The lowest BCUT2D eigenvalue weighted by Gasteiger charge is -2.31. The summed E-state index contributed by atoms with van der Waals surface area (Å²) < 4.78 is 6.10. The Bertz CT molecular complexity index is 438. The third kappa shape index (κ3) is 3.18. The first-order valence-corrected chi connectivity index (χ1v) is 7.75. The second-order valence-electron chi connectivity index (χ2n) is 5.75. The first-order chi connectivity index (χ1) is 9.59. The third-order valence-corrected chi connectivity index (χ3v) is 4.21. The van der Waals surface area contributed by atoms with Crippen molar-refractivity contribution in [1.29, 1.82) is 0 Å². The molecule has 0 radical (unpaired) electrons. The maximum Gasteiger partial charge on any atom is 0.160 e. The topological polar surface area (TPSA) is 55.2 Å². The Morgan fingerprint density at radius 2 is 1.95 bits per heavy atom. The molecule has 0 amide bonds. The number of rotatable bonds is 4. The van der Waals surface area contributed by atoms with Crippen LogP contribution in [0.1, 0.15) is 75.6 Å². The van der Waals surface area contributed by atoms with E-state index >= 15 is 0 Å². The van der Waals surface area contributed by atoms with Crippen LogP contribution in [-0.4, -0.2) is 21.7 Å². The first kappa shape index (κ1) is 15.4. The molecule has 1 aliphatic carbocycles. The molecule has 4 heteroatoms. The van der Waals surface area contributed by atoms with E-state index in [-0.39, 0.29) is 5.60 Å². The smallest absolute Gasteiger partial charge is 0.160 e. The summed E-state index contributed by atoms with van der Waals surface area (Å²) in [5, 5.41) is 9.71. The summed E-state index contributed by atoms with van der Waals surface area (Å²) >= 11 is 0. The Kier molecular flexibility index (Phi) is 5.11. The normalized spacial score (nSPS) is 20.4. The number of aliphatic hydroxyl groups excluding tert-OH is 1. The molecule has 1 aromatic heterocycles. The summed E-state index contributed by atoms with van der Waals surface area (Å²) in [6.07, 6.45) is 8.08. The summed E-state index contributed by atoms with van der Waals surface area (Å²) in [6.45, 7) is 6.39. The molecule has 1 N–H and O–H groups in total. The second-order valence-corrected chi connectivity index (χ2v) is 5.75. The fraction of sp³-hybridized carbons (Fsp3) is 0.750. The lowest BCUT2D eigenvalue weighted by atomic mass is 9.92. The molecular formula is C16H26N2O2. The molecule has 2 rings (SSSR count). The van der Waals surface area contributed by atoms with Crippen molar-refractivity contribution in [3.8, 4) is 0 Å². The minimum absolute atomic E-state index is 0.326. The van der Waals surface area contributed by atoms with Gasteiger partial charge in [-0.05, 0) is 33.6 Å². The molecule has 0 aliphatic heterocycles. The van der Waals surface area contributed by atoms with Crippen LogP contribution in [-0.2, 0) is 10.3 Å².